The van der Waals surface area contributed by atoms with Gasteiger partial charge in [-0.3, -0.25) is 9.78 Å². The smallest absolute Gasteiger partial charge is 0.260 e. The van der Waals surface area contributed by atoms with Crippen molar-refractivity contribution in [1.29, 1.82) is 0 Å². The molecule has 1 aliphatic heterocycles. The largest absolute Gasteiger partial charge is 0.497 e. The zero-order valence-corrected chi connectivity index (χ0v) is 21.0. The number of fused-ring (bicyclic) bond motifs is 1. The van der Waals surface area contributed by atoms with Crippen LogP contribution in [0, 0.1) is 5.92 Å². The minimum absolute atomic E-state index is 0.0285. The van der Waals surface area contributed by atoms with Crippen LogP contribution in [0.25, 0.3) is 22.2 Å². The molecule has 6 nitrogen and oxygen atoms in total. The maximum atomic E-state index is 12.9. The molecule has 1 saturated heterocycles. The van der Waals surface area contributed by atoms with Crippen LogP contribution in [0.2, 0.25) is 0 Å². The van der Waals surface area contributed by atoms with Crippen LogP contribution in [0.3, 0.4) is 0 Å². The molecule has 36 heavy (non-hydrogen) atoms. The first-order chi connectivity index (χ1) is 17.6. The summed E-state index contributed by atoms with van der Waals surface area (Å²) in [5, 5.41) is 1.15. The summed E-state index contributed by atoms with van der Waals surface area (Å²) in [5.41, 5.74) is 4.21. The van der Waals surface area contributed by atoms with Gasteiger partial charge in [0.2, 0.25) is 0 Å². The third kappa shape index (κ3) is 5.38. The molecule has 0 unspecified atom stereocenters. The number of pyridine rings is 1. The van der Waals surface area contributed by atoms with Crippen molar-refractivity contribution < 1.29 is 14.3 Å². The van der Waals surface area contributed by atoms with Gasteiger partial charge in [-0.1, -0.05) is 18.2 Å². The van der Waals surface area contributed by atoms with Gasteiger partial charge in [0, 0.05) is 49.0 Å². The topological polar surface area (TPSA) is 56.6 Å². The fourth-order valence-electron chi connectivity index (χ4n) is 5.05. The molecule has 0 bridgehead atoms. The van der Waals surface area contributed by atoms with Crippen LogP contribution < -0.4 is 9.47 Å². The fraction of sp³-hybridized carbons (Fsp3) is 0.333. The Hall–Kier alpha value is -3.80. The number of hydrogen-bond acceptors (Lipinski definition) is 4. The number of hydrogen-bond donors (Lipinski definition) is 0. The minimum atomic E-state index is 0.0285. The lowest BCUT2D eigenvalue weighted by Gasteiger charge is -2.32. The standard InChI is InChI=1S/C30H33N3O3/c1-32-16-14-24-20-25(10-11-27(24)32)30-28(7-4-15-31-30)36-21-29(34)33-17-12-22(13-18-33)8-9-23-5-3-6-26(19-23)35-2/h3-7,10-11,14-16,19-20,22H,8-9,12-13,17-18,21H2,1-2H3. The molecule has 6 heteroatoms. The second-order valence-electron chi connectivity index (χ2n) is 9.55. The van der Waals surface area contributed by atoms with Crippen LogP contribution in [0.15, 0.2) is 73.1 Å². The molecule has 0 N–H and O–H groups in total. The highest BCUT2D eigenvalue weighted by molar-refractivity contribution is 5.86. The molecule has 4 aromatic rings. The van der Waals surface area contributed by atoms with E-state index in [0.29, 0.717) is 11.7 Å². The number of methoxy groups -OCH3 is 1. The summed E-state index contributed by atoms with van der Waals surface area (Å²) in [5.74, 6) is 2.22. The number of carbonyl (C=O) groups is 1. The molecule has 1 amide bonds. The molecule has 1 fully saturated rings. The van der Waals surface area contributed by atoms with Crippen LogP contribution in [0.1, 0.15) is 24.8 Å². The number of nitrogens with zero attached hydrogens (tertiary/aromatic N) is 3. The van der Waals surface area contributed by atoms with Crippen molar-refractivity contribution in [3.8, 4) is 22.8 Å². The van der Waals surface area contributed by atoms with Crippen molar-refractivity contribution in [2.45, 2.75) is 25.7 Å². The fourth-order valence-corrected chi connectivity index (χ4v) is 5.05. The average molecular weight is 484 g/mol. The maximum absolute atomic E-state index is 12.9. The van der Waals surface area contributed by atoms with Gasteiger partial charge < -0.3 is 18.9 Å². The maximum Gasteiger partial charge on any atom is 0.260 e. The highest BCUT2D eigenvalue weighted by atomic mass is 16.5. The molecule has 0 radical (unpaired) electrons. The number of ether oxygens (including phenoxy) is 2. The van der Waals surface area contributed by atoms with Crippen LogP contribution in [0.5, 0.6) is 11.5 Å². The van der Waals surface area contributed by atoms with Crippen LogP contribution in [-0.4, -0.2) is 47.2 Å². The van der Waals surface area contributed by atoms with E-state index in [1.165, 1.54) is 11.1 Å². The molecule has 2 aromatic heterocycles. The quantitative estimate of drug-likeness (QED) is 0.332. The average Bonchev–Trinajstić information content (AvgIpc) is 3.31. The van der Waals surface area contributed by atoms with Gasteiger partial charge in [0.1, 0.15) is 17.2 Å². The van der Waals surface area contributed by atoms with E-state index in [1.54, 1.807) is 13.3 Å². The normalized spacial score (nSPS) is 14.2. The van der Waals surface area contributed by atoms with E-state index < -0.39 is 0 Å². The Bertz CT molecular complexity index is 1340. The Morgan fingerprint density at radius 1 is 1.06 bits per heavy atom. The van der Waals surface area contributed by atoms with Crippen LogP contribution in [0.4, 0.5) is 0 Å². The third-order valence-corrected chi connectivity index (χ3v) is 7.22. The summed E-state index contributed by atoms with van der Waals surface area (Å²) >= 11 is 0. The monoisotopic (exact) mass is 483 g/mol. The Morgan fingerprint density at radius 2 is 1.92 bits per heavy atom. The molecule has 0 spiro atoms. The van der Waals surface area contributed by atoms with E-state index in [4.69, 9.17) is 9.47 Å². The Morgan fingerprint density at radius 3 is 2.75 bits per heavy atom. The van der Waals surface area contributed by atoms with Gasteiger partial charge in [-0.25, -0.2) is 0 Å². The molecular formula is C30H33N3O3. The predicted octanol–water partition coefficient (Wildman–Crippen LogP) is 5.50. The van der Waals surface area contributed by atoms with Gasteiger partial charge in [0.15, 0.2) is 6.61 Å². The van der Waals surface area contributed by atoms with E-state index in [0.717, 1.165) is 61.2 Å². The van der Waals surface area contributed by atoms with Crippen molar-refractivity contribution in [2.75, 3.05) is 26.8 Å². The predicted molar refractivity (Wildman–Crippen MR) is 142 cm³/mol. The van der Waals surface area contributed by atoms with Crippen LogP contribution >= 0.6 is 0 Å². The number of likely N-dealkylation sites (tertiary alicyclic amines) is 1. The number of aryl methyl sites for hydroxylation is 2. The van der Waals surface area contributed by atoms with Gasteiger partial charge in [-0.2, -0.15) is 0 Å². The molecule has 186 valence electrons. The molecule has 5 rings (SSSR count). The third-order valence-electron chi connectivity index (χ3n) is 7.22. The number of benzene rings is 2. The number of piperidine rings is 1. The first kappa shape index (κ1) is 23.9. The Balaban J connectivity index is 1.14. The minimum Gasteiger partial charge on any atom is -0.497 e. The summed E-state index contributed by atoms with van der Waals surface area (Å²) in [6.07, 6.45) is 8.05. The van der Waals surface area contributed by atoms with E-state index in [1.807, 2.05) is 42.4 Å². The number of carbonyl (C=O) groups excluding carboxylic acids is 1. The van der Waals surface area contributed by atoms with E-state index in [-0.39, 0.29) is 12.5 Å². The molecule has 0 saturated carbocycles. The first-order valence-electron chi connectivity index (χ1n) is 12.6. The second kappa shape index (κ2) is 10.9. The summed E-state index contributed by atoms with van der Waals surface area (Å²) in [4.78, 5) is 19.4. The van der Waals surface area contributed by atoms with E-state index in [9.17, 15) is 4.79 Å². The zero-order chi connectivity index (χ0) is 24.9. The summed E-state index contributed by atoms with van der Waals surface area (Å²) in [6, 6.07) is 20.4. The van der Waals surface area contributed by atoms with Crippen molar-refractivity contribution in [1.82, 2.24) is 14.5 Å². The molecule has 1 aliphatic rings. The molecule has 3 heterocycles. The van der Waals surface area contributed by atoms with Crippen molar-refractivity contribution >= 4 is 16.8 Å². The van der Waals surface area contributed by atoms with Gasteiger partial charge in [-0.15, -0.1) is 0 Å². The van der Waals surface area contributed by atoms with Crippen molar-refractivity contribution in [2.24, 2.45) is 13.0 Å². The molecule has 0 aliphatic carbocycles. The van der Waals surface area contributed by atoms with Crippen LogP contribution in [-0.2, 0) is 18.3 Å². The van der Waals surface area contributed by atoms with E-state index >= 15 is 0 Å². The first-order valence-corrected chi connectivity index (χ1v) is 12.6. The zero-order valence-electron chi connectivity index (χ0n) is 21.0. The van der Waals surface area contributed by atoms with Crippen molar-refractivity contribution in [3.05, 3.63) is 78.6 Å². The molecule has 0 atom stereocenters. The molecule has 2 aromatic carbocycles. The van der Waals surface area contributed by atoms with Crippen molar-refractivity contribution in [3.63, 3.8) is 0 Å². The lowest BCUT2D eigenvalue weighted by molar-refractivity contribution is -0.134. The second-order valence-corrected chi connectivity index (χ2v) is 9.55. The number of rotatable bonds is 8. The van der Waals surface area contributed by atoms with Gasteiger partial charge >= 0.3 is 0 Å². The summed E-state index contributed by atoms with van der Waals surface area (Å²) in [6.45, 7) is 1.60. The summed E-state index contributed by atoms with van der Waals surface area (Å²) in [7, 11) is 3.74. The van der Waals surface area contributed by atoms with Gasteiger partial charge in [-0.05, 0) is 79.6 Å². The number of aromatic nitrogens is 2. The van der Waals surface area contributed by atoms with Gasteiger partial charge in [0.05, 0.1) is 7.11 Å². The highest BCUT2D eigenvalue weighted by Crippen LogP contribution is 2.30. The Labute approximate surface area is 212 Å². The van der Waals surface area contributed by atoms with Gasteiger partial charge in [0.25, 0.3) is 5.91 Å². The highest BCUT2D eigenvalue weighted by Gasteiger charge is 2.23. The lowest BCUT2D eigenvalue weighted by Crippen LogP contribution is -2.41. The SMILES string of the molecule is COc1cccc(CCC2CCN(C(=O)COc3cccnc3-c3ccc4c(ccn4C)c3)CC2)c1. The number of amides is 1. The summed E-state index contributed by atoms with van der Waals surface area (Å²) < 4.78 is 13.4. The lowest BCUT2D eigenvalue weighted by atomic mass is 9.90. The molecular weight excluding hydrogens is 450 g/mol. The Kier molecular flexibility index (Phi) is 7.21. The van der Waals surface area contributed by atoms with E-state index in [2.05, 4.69) is 45.9 Å².